The summed E-state index contributed by atoms with van der Waals surface area (Å²) in [6.45, 7) is 9.51. The molecule has 2 nitrogen and oxygen atoms in total. The van der Waals surface area contributed by atoms with Crippen LogP contribution in [0.3, 0.4) is 0 Å². The van der Waals surface area contributed by atoms with E-state index in [4.69, 9.17) is 4.74 Å². The fourth-order valence-electron chi connectivity index (χ4n) is 1.74. The van der Waals surface area contributed by atoms with E-state index in [1.165, 1.54) is 12.8 Å². The average molecular weight is 235 g/mol. The molecule has 1 rings (SSSR count). The first-order chi connectivity index (χ1) is 8.13. The highest BCUT2D eigenvalue weighted by Crippen LogP contribution is 2.25. The van der Waals surface area contributed by atoms with E-state index < -0.39 is 0 Å². The lowest BCUT2D eigenvalue weighted by Crippen LogP contribution is -2.15. The second kappa shape index (κ2) is 7.21. The van der Waals surface area contributed by atoms with Crippen LogP contribution in [0.1, 0.15) is 40.5 Å². The van der Waals surface area contributed by atoms with E-state index in [1.807, 2.05) is 18.2 Å². The molecule has 1 aromatic rings. The summed E-state index contributed by atoms with van der Waals surface area (Å²) < 4.78 is 5.82. The molecule has 0 aliphatic carbocycles. The van der Waals surface area contributed by atoms with Gasteiger partial charge >= 0.3 is 0 Å². The first-order valence-electron chi connectivity index (χ1n) is 6.61. The van der Waals surface area contributed by atoms with Crippen molar-refractivity contribution in [2.75, 3.05) is 11.9 Å². The van der Waals surface area contributed by atoms with Crippen molar-refractivity contribution in [2.24, 2.45) is 5.92 Å². The Hall–Kier alpha value is -1.18. The third-order valence-electron chi connectivity index (χ3n) is 2.58. The van der Waals surface area contributed by atoms with Gasteiger partial charge in [-0.2, -0.15) is 0 Å². The van der Waals surface area contributed by atoms with Gasteiger partial charge in [-0.3, -0.25) is 0 Å². The number of para-hydroxylation sites is 2. The third-order valence-corrected chi connectivity index (χ3v) is 2.58. The van der Waals surface area contributed by atoms with Crippen LogP contribution in [0.5, 0.6) is 5.75 Å². The summed E-state index contributed by atoms with van der Waals surface area (Å²) in [5.41, 5.74) is 1.11. The van der Waals surface area contributed by atoms with Gasteiger partial charge in [-0.05, 0) is 31.4 Å². The topological polar surface area (TPSA) is 21.3 Å². The zero-order valence-electron chi connectivity index (χ0n) is 11.5. The van der Waals surface area contributed by atoms with Crippen LogP contribution in [0.15, 0.2) is 24.3 Å². The van der Waals surface area contributed by atoms with Crippen molar-refractivity contribution in [3.05, 3.63) is 24.3 Å². The summed E-state index contributed by atoms with van der Waals surface area (Å²) in [5, 5.41) is 3.51. The zero-order valence-corrected chi connectivity index (χ0v) is 11.5. The Bertz CT molecular complexity index is 322. The molecule has 2 heteroatoms. The standard InChI is InChI=1S/C15H25NO/c1-5-8-13(4)16-14-9-6-7-10-15(14)17-11-12(2)3/h6-7,9-10,12-13,16H,5,8,11H2,1-4H3. The number of hydrogen-bond donors (Lipinski definition) is 1. The Kier molecular flexibility index (Phi) is 5.88. The first kappa shape index (κ1) is 13.9. The molecule has 1 atom stereocenters. The van der Waals surface area contributed by atoms with E-state index in [-0.39, 0.29) is 0 Å². The van der Waals surface area contributed by atoms with Gasteiger partial charge in [0.25, 0.3) is 0 Å². The first-order valence-corrected chi connectivity index (χ1v) is 6.61. The minimum atomic E-state index is 0.490. The predicted molar refractivity (Wildman–Crippen MR) is 74.8 cm³/mol. The fourth-order valence-corrected chi connectivity index (χ4v) is 1.74. The van der Waals surface area contributed by atoms with Crippen LogP contribution in [-0.2, 0) is 0 Å². The summed E-state index contributed by atoms with van der Waals surface area (Å²) in [4.78, 5) is 0. The highest BCUT2D eigenvalue weighted by Gasteiger charge is 2.06. The normalized spacial score (nSPS) is 12.5. The SMILES string of the molecule is CCCC(C)Nc1ccccc1OCC(C)C. The lowest BCUT2D eigenvalue weighted by atomic mass is 10.2. The van der Waals surface area contributed by atoms with Crippen LogP contribution < -0.4 is 10.1 Å². The van der Waals surface area contributed by atoms with Crippen molar-refractivity contribution in [1.29, 1.82) is 0 Å². The molecule has 1 unspecified atom stereocenters. The maximum Gasteiger partial charge on any atom is 0.142 e. The number of anilines is 1. The molecule has 0 saturated heterocycles. The molecule has 0 radical (unpaired) electrons. The van der Waals surface area contributed by atoms with Crippen molar-refractivity contribution in [3.63, 3.8) is 0 Å². The molecule has 96 valence electrons. The van der Waals surface area contributed by atoms with Crippen molar-refractivity contribution < 1.29 is 4.74 Å². The quantitative estimate of drug-likeness (QED) is 0.760. The van der Waals surface area contributed by atoms with Crippen LogP contribution in [0.2, 0.25) is 0 Å². The molecular weight excluding hydrogens is 210 g/mol. The van der Waals surface area contributed by atoms with Crippen LogP contribution >= 0.6 is 0 Å². The van der Waals surface area contributed by atoms with E-state index in [0.29, 0.717) is 12.0 Å². The molecule has 0 aromatic heterocycles. The molecule has 17 heavy (non-hydrogen) atoms. The maximum atomic E-state index is 5.82. The molecule has 0 aliphatic rings. The lowest BCUT2D eigenvalue weighted by molar-refractivity contribution is 0.272. The van der Waals surface area contributed by atoms with Crippen LogP contribution in [0.4, 0.5) is 5.69 Å². The smallest absolute Gasteiger partial charge is 0.142 e. The average Bonchev–Trinajstić information content (AvgIpc) is 2.28. The Labute approximate surface area is 105 Å². The summed E-state index contributed by atoms with van der Waals surface area (Å²) in [6, 6.07) is 8.67. The van der Waals surface area contributed by atoms with Crippen molar-refractivity contribution in [2.45, 2.75) is 46.6 Å². The fraction of sp³-hybridized carbons (Fsp3) is 0.600. The minimum Gasteiger partial charge on any atom is -0.491 e. The van der Waals surface area contributed by atoms with Gasteiger partial charge in [0, 0.05) is 6.04 Å². The second-order valence-electron chi connectivity index (χ2n) is 5.04. The van der Waals surface area contributed by atoms with Gasteiger partial charge < -0.3 is 10.1 Å². The summed E-state index contributed by atoms with van der Waals surface area (Å²) in [7, 11) is 0. The molecule has 0 saturated carbocycles. The predicted octanol–water partition coefficient (Wildman–Crippen LogP) is 4.32. The van der Waals surface area contributed by atoms with Crippen molar-refractivity contribution in [1.82, 2.24) is 0 Å². The van der Waals surface area contributed by atoms with Gasteiger partial charge in [0.05, 0.1) is 12.3 Å². The lowest BCUT2D eigenvalue weighted by Gasteiger charge is -2.18. The number of hydrogen-bond acceptors (Lipinski definition) is 2. The molecule has 1 aromatic carbocycles. The molecular formula is C15H25NO. The second-order valence-corrected chi connectivity index (χ2v) is 5.04. The van der Waals surface area contributed by atoms with Gasteiger partial charge in [0.1, 0.15) is 5.75 Å². The van der Waals surface area contributed by atoms with E-state index in [2.05, 4.69) is 39.1 Å². The number of nitrogens with one attached hydrogen (secondary N) is 1. The largest absolute Gasteiger partial charge is 0.491 e. The number of ether oxygens (including phenoxy) is 1. The summed E-state index contributed by atoms with van der Waals surface area (Å²) in [6.07, 6.45) is 2.38. The Morgan fingerprint density at radius 1 is 1.18 bits per heavy atom. The Morgan fingerprint density at radius 2 is 1.88 bits per heavy atom. The highest BCUT2D eigenvalue weighted by molar-refractivity contribution is 5.56. The molecule has 0 heterocycles. The zero-order chi connectivity index (χ0) is 12.7. The summed E-state index contributed by atoms with van der Waals surface area (Å²) in [5.74, 6) is 1.51. The molecule has 0 spiro atoms. The monoisotopic (exact) mass is 235 g/mol. The Balaban J connectivity index is 2.63. The van der Waals surface area contributed by atoms with Gasteiger partial charge in [-0.25, -0.2) is 0 Å². The van der Waals surface area contributed by atoms with E-state index >= 15 is 0 Å². The van der Waals surface area contributed by atoms with Gasteiger partial charge in [0.15, 0.2) is 0 Å². The summed E-state index contributed by atoms with van der Waals surface area (Å²) >= 11 is 0. The highest BCUT2D eigenvalue weighted by atomic mass is 16.5. The van der Waals surface area contributed by atoms with Crippen LogP contribution in [0.25, 0.3) is 0 Å². The van der Waals surface area contributed by atoms with Crippen molar-refractivity contribution in [3.8, 4) is 5.75 Å². The Morgan fingerprint density at radius 3 is 2.53 bits per heavy atom. The van der Waals surface area contributed by atoms with Crippen LogP contribution in [0, 0.1) is 5.92 Å². The van der Waals surface area contributed by atoms with E-state index in [0.717, 1.165) is 18.0 Å². The maximum absolute atomic E-state index is 5.82. The van der Waals surface area contributed by atoms with Gasteiger partial charge in [-0.1, -0.05) is 39.3 Å². The minimum absolute atomic E-state index is 0.490. The van der Waals surface area contributed by atoms with Gasteiger partial charge in [-0.15, -0.1) is 0 Å². The third kappa shape index (κ3) is 5.12. The van der Waals surface area contributed by atoms with Crippen molar-refractivity contribution >= 4 is 5.69 Å². The number of rotatable bonds is 7. The number of benzene rings is 1. The molecule has 0 aliphatic heterocycles. The van der Waals surface area contributed by atoms with E-state index in [9.17, 15) is 0 Å². The molecule has 0 bridgehead atoms. The molecule has 1 N–H and O–H groups in total. The van der Waals surface area contributed by atoms with Crippen LogP contribution in [-0.4, -0.2) is 12.6 Å². The molecule has 0 amide bonds. The van der Waals surface area contributed by atoms with E-state index in [1.54, 1.807) is 0 Å². The van der Waals surface area contributed by atoms with Gasteiger partial charge in [0.2, 0.25) is 0 Å². The molecule has 0 fully saturated rings.